The smallest absolute Gasteiger partial charge is 0.407 e. The fourth-order valence-corrected chi connectivity index (χ4v) is 4.63. The Kier molecular flexibility index (Phi) is 7.14. The van der Waals surface area contributed by atoms with Crippen molar-refractivity contribution in [1.29, 1.82) is 0 Å². The lowest BCUT2D eigenvalue weighted by atomic mass is 9.79. The molecule has 0 spiro atoms. The van der Waals surface area contributed by atoms with Gasteiger partial charge < -0.3 is 30.3 Å². The fourth-order valence-electron chi connectivity index (χ4n) is 4.63. The maximum Gasteiger partial charge on any atom is 0.407 e. The van der Waals surface area contributed by atoms with Gasteiger partial charge in [0.1, 0.15) is 12.6 Å². The summed E-state index contributed by atoms with van der Waals surface area (Å²) in [5.74, 6) is -1.96. The molecule has 1 atom stereocenters. The number of ether oxygens (including phenoxy) is 2. The van der Waals surface area contributed by atoms with Gasteiger partial charge in [-0.2, -0.15) is 0 Å². The molecule has 0 bridgehead atoms. The van der Waals surface area contributed by atoms with Crippen molar-refractivity contribution in [2.75, 3.05) is 33.0 Å². The summed E-state index contributed by atoms with van der Waals surface area (Å²) in [4.78, 5) is 36.7. The molecule has 34 heavy (non-hydrogen) atoms. The van der Waals surface area contributed by atoms with Crippen molar-refractivity contribution in [3.05, 3.63) is 59.7 Å². The van der Waals surface area contributed by atoms with Crippen molar-refractivity contribution >= 4 is 18.0 Å². The average molecular weight is 469 g/mol. The van der Waals surface area contributed by atoms with Gasteiger partial charge in [-0.3, -0.25) is 4.79 Å². The monoisotopic (exact) mass is 468 g/mol. The van der Waals surface area contributed by atoms with Gasteiger partial charge in [0.05, 0.1) is 12.0 Å². The van der Waals surface area contributed by atoms with Crippen LogP contribution in [0.4, 0.5) is 4.79 Å². The number of nitrogens with one attached hydrogen (secondary N) is 2. The Bertz CT molecular complexity index is 1020. The molecule has 0 radical (unpaired) electrons. The van der Waals surface area contributed by atoms with Gasteiger partial charge in [-0.1, -0.05) is 48.5 Å². The van der Waals surface area contributed by atoms with Gasteiger partial charge in [-0.25, -0.2) is 9.59 Å². The van der Waals surface area contributed by atoms with Crippen LogP contribution in [0.1, 0.15) is 29.9 Å². The van der Waals surface area contributed by atoms with E-state index in [0.717, 1.165) is 22.3 Å². The number of carbonyl (C=O) groups is 3. The van der Waals surface area contributed by atoms with E-state index in [9.17, 15) is 19.5 Å². The quantitative estimate of drug-likeness (QED) is 0.465. The summed E-state index contributed by atoms with van der Waals surface area (Å²) < 4.78 is 10.9. The zero-order chi connectivity index (χ0) is 24.1. The van der Waals surface area contributed by atoms with Crippen LogP contribution in [0.25, 0.3) is 11.1 Å². The first-order valence-corrected chi connectivity index (χ1v) is 11.3. The van der Waals surface area contributed by atoms with Crippen molar-refractivity contribution in [3.63, 3.8) is 0 Å². The van der Waals surface area contributed by atoms with Crippen molar-refractivity contribution in [3.8, 4) is 11.1 Å². The number of aliphatic hydroxyl groups is 1. The van der Waals surface area contributed by atoms with Crippen LogP contribution in [0.3, 0.4) is 0 Å². The van der Waals surface area contributed by atoms with Gasteiger partial charge in [-0.05, 0) is 35.1 Å². The minimum absolute atomic E-state index is 0.0311. The predicted octanol–water partition coefficient (Wildman–Crippen LogP) is 1.88. The number of hydrogen-bond acceptors (Lipinski definition) is 6. The topological polar surface area (TPSA) is 134 Å². The van der Waals surface area contributed by atoms with Gasteiger partial charge in [0, 0.05) is 25.7 Å². The van der Waals surface area contributed by atoms with E-state index in [4.69, 9.17) is 14.6 Å². The molecule has 4 N–H and O–H groups in total. The van der Waals surface area contributed by atoms with E-state index in [-0.39, 0.29) is 19.1 Å². The molecule has 4 rings (SSSR count). The lowest BCUT2D eigenvalue weighted by Gasteiger charge is -2.36. The Morgan fingerprint density at radius 2 is 1.62 bits per heavy atom. The van der Waals surface area contributed by atoms with E-state index in [2.05, 4.69) is 22.8 Å². The van der Waals surface area contributed by atoms with Crippen LogP contribution in [0.15, 0.2) is 48.5 Å². The highest BCUT2D eigenvalue weighted by Gasteiger charge is 2.42. The summed E-state index contributed by atoms with van der Waals surface area (Å²) in [5.41, 5.74) is 3.40. The molecule has 1 saturated heterocycles. The molecule has 0 unspecified atom stereocenters. The van der Waals surface area contributed by atoms with E-state index in [1.807, 2.05) is 36.4 Å². The predicted molar refractivity (Wildman–Crippen MR) is 122 cm³/mol. The summed E-state index contributed by atoms with van der Waals surface area (Å²) in [6.45, 7) is -0.00876. The van der Waals surface area contributed by atoms with Crippen LogP contribution in [0, 0.1) is 5.41 Å². The van der Waals surface area contributed by atoms with Crippen molar-refractivity contribution in [2.24, 2.45) is 5.41 Å². The molecule has 0 aromatic heterocycles. The average Bonchev–Trinajstić information content (AvgIpc) is 3.18. The molecule has 2 aromatic rings. The number of hydrogen-bond donors (Lipinski definition) is 4. The van der Waals surface area contributed by atoms with Crippen LogP contribution in [-0.4, -0.2) is 67.2 Å². The van der Waals surface area contributed by atoms with Crippen molar-refractivity contribution in [2.45, 2.75) is 24.8 Å². The number of alkyl carbamates (subject to hydrolysis) is 1. The Morgan fingerprint density at radius 1 is 1.03 bits per heavy atom. The number of fused-ring (bicyclic) bond motifs is 3. The number of amides is 2. The molecule has 9 nitrogen and oxygen atoms in total. The molecule has 180 valence electrons. The molecular weight excluding hydrogens is 440 g/mol. The van der Waals surface area contributed by atoms with Gasteiger partial charge >= 0.3 is 12.1 Å². The van der Waals surface area contributed by atoms with E-state index in [1.165, 1.54) is 0 Å². The number of benzene rings is 2. The Morgan fingerprint density at radius 3 is 2.18 bits per heavy atom. The SMILES string of the molecule is O=C(NCC1(C(=O)N[C@@H](CO)C(=O)O)CCOCC1)OCC1c2ccccc2-c2ccccc21. The molecule has 2 amide bonds. The highest BCUT2D eigenvalue weighted by molar-refractivity contribution is 5.88. The summed E-state index contributed by atoms with van der Waals surface area (Å²) in [6, 6.07) is 14.6. The molecule has 1 heterocycles. The molecule has 9 heteroatoms. The first-order valence-electron chi connectivity index (χ1n) is 11.3. The lowest BCUT2D eigenvalue weighted by molar-refractivity contribution is -0.146. The molecular formula is C25H28N2O7. The zero-order valence-corrected chi connectivity index (χ0v) is 18.7. The maximum absolute atomic E-state index is 12.9. The third-order valence-corrected chi connectivity index (χ3v) is 6.63. The molecule has 0 saturated carbocycles. The summed E-state index contributed by atoms with van der Waals surface area (Å²) in [6.07, 6.45) is -0.0435. The van der Waals surface area contributed by atoms with Crippen LogP contribution in [0.2, 0.25) is 0 Å². The number of carbonyl (C=O) groups excluding carboxylic acids is 2. The number of rotatable bonds is 8. The molecule has 1 aliphatic carbocycles. The van der Waals surface area contributed by atoms with E-state index >= 15 is 0 Å². The Balaban J connectivity index is 1.39. The normalized spacial score (nSPS) is 17.2. The maximum atomic E-state index is 12.9. The summed E-state index contributed by atoms with van der Waals surface area (Å²) >= 11 is 0. The first kappa shape index (κ1) is 23.7. The number of carboxylic acid groups (broad SMARTS) is 1. The van der Waals surface area contributed by atoms with Crippen LogP contribution in [0.5, 0.6) is 0 Å². The van der Waals surface area contributed by atoms with Gasteiger partial charge in [0.15, 0.2) is 0 Å². The second-order valence-corrected chi connectivity index (χ2v) is 8.62. The minimum atomic E-state index is -1.42. The van der Waals surface area contributed by atoms with Crippen LogP contribution in [-0.2, 0) is 19.1 Å². The minimum Gasteiger partial charge on any atom is -0.480 e. The Labute approximate surface area is 197 Å². The van der Waals surface area contributed by atoms with E-state index in [1.54, 1.807) is 0 Å². The molecule has 1 fully saturated rings. The second-order valence-electron chi connectivity index (χ2n) is 8.62. The van der Waals surface area contributed by atoms with Crippen molar-refractivity contribution < 1.29 is 34.1 Å². The van der Waals surface area contributed by atoms with E-state index in [0.29, 0.717) is 26.1 Å². The first-order chi connectivity index (χ1) is 16.4. The van der Waals surface area contributed by atoms with Gasteiger partial charge in [-0.15, -0.1) is 0 Å². The summed E-state index contributed by atoms with van der Waals surface area (Å²) in [5, 5.41) is 23.4. The molecule has 2 aliphatic rings. The Hall–Kier alpha value is -3.43. The highest BCUT2D eigenvalue weighted by atomic mass is 16.5. The number of aliphatic hydroxyl groups excluding tert-OH is 1. The zero-order valence-electron chi connectivity index (χ0n) is 18.7. The number of carboxylic acids is 1. The van der Waals surface area contributed by atoms with Crippen molar-refractivity contribution in [1.82, 2.24) is 10.6 Å². The molecule has 2 aromatic carbocycles. The second kappa shape index (κ2) is 10.2. The highest BCUT2D eigenvalue weighted by Crippen LogP contribution is 2.44. The lowest BCUT2D eigenvalue weighted by Crippen LogP contribution is -2.55. The largest absolute Gasteiger partial charge is 0.480 e. The third kappa shape index (κ3) is 4.76. The third-order valence-electron chi connectivity index (χ3n) is 6.63. The number of aliphatic carboxylic acids is 1. The standard InChI is InChI=1S/C25H28N2O7/c28-13-21(22(29)30)27-23(31)25(9-11-33-12-10-25)15-26-24(32)34-14-20-18-7-3-1-5-16(18)17-6-2-4-8-19(17)20/h1-8,20-21,28H,9-15H2,(H,26,32)(H,27,31)(H,29,30)/t21-/m0/s1. The van der Waals surface area contributed by atoms with Gasteiger partial charge in [0.2, 0.25) is 5.91 Å². The molecule has 1 aliphatic heterocycles. The van der Waals surface area contributed by atoms with Crippen LogP contribution >= 0.6 is 0 Å². The van der Waals surface area contributed by atoms with Gasteiger partial charge in [0.25, 0.3) is 0 Å². The summed E-state index contributed by atoms with van der Waals surface area (Å²) in [7, 11) is 0. The fraction of sp³-hybridized carbons (Fsp3) is 0.400. The van der Waals surface area contributed by atoms with Crippen LogP contribution < -0.4 is 10.6 Å². The van der Waals surface area contributed by atoms with E-state index < -0.39 is 36.0 Å².